The minimum atomic E-state index is -0.199. The smallest absolute Gasteiger partial charge is 0.251 e. The zero-order valence-corrected chi connectivity index (χ0v) is 20.5. The van der Waals surface area contributed by atoms with Crippen molar-refractivity contribution in [1.29, 1.82) is 0 Å². The van der Waals surface area contributed by atoms with E-state index in [1.165, 1.54) is 51.4 Å². The molecule has 33 heavy (non-hydrogen) atoms. The van der Waals surface area contributed by atoms with Gasteiger partial charge in [0, 0.05) is 12.1 Å². The summed E-state index contributed by atoms with van der Waals surface area (Å²) in [5.41, 5.74) is 2.70. The monoisotopic (exact) mass is 449 g/mol. The summed E-state index contributed by atoms with van der Waals surface area (Å²) in [5.74, 6) is 1.46. The largest absolute Gasteiger partial charge is 0.497 e. The normalized spacial score (nSPS) is 12.1. The van der Waals surface area contributed by atoms with Gasteiger partial charge in [-0.1, -0.05) is 76.5 Å². The van der Waals surface area contributed by atoms with Crippen molar-refractivity contribution >= 4 is 16.9 Å². The highest BCUT2D eigenvalue weighted by molar-refractivity contribution is 5.94. The Labute approximate surface area is 198 Å². The van der Waals surface area contributed by atoms with Crippen LogP contribution >= 0.6 is 0 Å². The zero-order valence-electron chi connectivity index (χ0n) is 20.5. The van der Waals surface area contributed by atoms with Crippen LogP contribution in [0.5, 0.6) is 5.75 Å². The summed E-state index contributed by atoms with van der Waals surface area (Å²) < 4.78 is 7.54. The molecule has 3 aromatic rings. The van der Waals surface area contributed by atoms with Crippen molar-refractivity contribution in [2.24, 2.45) is 0 Å². The third-order valence-electron chi connectivity index (χ3n) is 6.24. The summed E-state index contributed by atoms with van der Waals surface area (Å²) in [4.78, 5) is 17.7. The topological polar surface area (TPSA) is 56.2 Å². The molecule has 0 aliphatic carbocycles. The molecule has 0 fully saturated rings. The average Bonchev–Trinajstić information content (AvgIpc) is 3.21. The van der Waals surface area contributed by atoms with E-state index in [1.807, 2.05) is 31.2 Å². The van der Waals surface area contributed by atoms with Crippen LogP contribution in [-0.4, -0.2) is 22.6 Å². The Balaban J connectivity index is 1.61. The molecule has 1 heterocycles. The molecular formula is C28H39N3O2. The van der Waals surface area contributed by atoms with Crippen molar-refractivity contribution in [2.45, 2.75) is 84.2 Å². The lowest BCUT2D eigenvalue weighted by Gasteiger charge is -2.17. The van der Waals surface area contributed by atoms with Crippen LogP contribution in [0.3, 0.4) is 0 Å². The second-order valence-corrected chi connectivity index (χ2v) is 8.87. The molecule has 0 aliphatic rings. The number of rotatable bonds is 14. The number of unbranched alkanes of at least 4 members (excludes halogenated alkanes) is 8. The molecule has 0 bridgehead atoms. The lowest BCUT2D eigenvalue weighted by atomic mass is 10.1. The SMILES string of the molecule is CCCCCCCCCCCn1c(C(C)NC(=O)c2cccc(OC)c2)nc2ccccc21. The third kappa shape index (κ3) is 7.08. The van der Waals surface area contributed by atoms with Crippen molar-refractivity contribution in [3.63, 3.8) is 0 Å². The fraction of sp³-hybridized carbons (Fsp3) is 0.500. The first-order valence-corrected chi connectivity index (χ1v) is 12.5. The number of aryl methyl sites for hydroxylation is 1. The number of methoxy groups -OCH3 is 1. The summed E-state index contributed by atoms with van der Waals surface area (Å²) in [6, 6.07) is 15.3. The van der Waals surface area contributed by atoms with Gasteiger partial charge < -0.3 is 14.6 Å². The standard InChI is InChI=1S/C28H39N3O2/c1-4-5-6-7-8-9-10-11-14-20-31-26-19-13-12-18-25(26)30-27(31)22(2)29-28(32)23-16-15-17-24(21-23)33-3/h12-13,15-19,21-22H,4-11,14,20H2,1-3H3,(H,29,32). The summed E-state index contributed by atoms with van der Waals surface area (Å²) >= 11 is 0. The maximum Gasteiger partial charge on any atom is 0.251 e. The molecule has 5 nitrogen and oxygen atoms in total. The van der Waals surface area contributed by atoms with Crippen molar-refractivity contribution in [2.75, 3.05) is 7.11 Å². The van der Waals surface area contributed by atoms with E-state index < -0.39 is 0 Å². The van der Waals surface area contributed by atoms with Crippen LogP contribution in [0.15, 0.2) is 48.5 Å². The Morgan fingerprint density at radius 1 is 0.970 bits per heavy atom. The van der Waals surface area contributed by atoms with Crippen LogP contribution in [0.1, 0.15) is 93.9 Å². The van der Waals surface area contributed by atoms with E-state index in [9.17, 15) is 4.79 Å². The van der Waals surface area contributed by atoms with Gasteiger partial charge in [-0.15, -0.1) is 0 Å². The molecule has 1 aromatic heterocycles. The number of amides is 1. The van der Waals surface area contributed by atoms with Crippen LogP contribution in [0.25, 0.3) is 11.0 Å². The highest BCUT2D eigenvalue weighted by Gasteiger charge is 2.19. The predicted octanol–water partition coefficient (Wildman–Crippen LogP) is 7.07. The van der Waals surface area contributed by atoms with Crippen molar-refractivity contribution in [3.8, 4) is 5.75 Å². The van der Waals surface area contributed by atoms with Gasteiger partial charge in [-0.25, -0.2) is 4.98 Å². The van der Waals surface area contributed by atoms with Crippen molar-refractivity contribution < 1.29 is 9.53 Å². The lowest BCUT2D eigenvalue weighted by Crippen LogP contribution is -2.28. The van der Waals surface area contributed by atoms with Gasteiger partial charge in [-0.3, -0.25) is 4.79 Å². The van der Waals surface area contributed by atoms with Crippen LogP contribution in [0.2, 0.25) is 0 Å². The second kappa shape index (κ2) is 13.0. The fourth-order valence-electron chi connectivity index (χ4n) is 4.35. The van der Waals surface area contributed by atoms with E-state index in [-0.39, 0.29) is 11.9 Å². The minimum absolute atomic E-state index is 0.122. The Bertz CT molecular complexity index is 1010. The van der Waals surface area contributed by atoms with E-state index in [2.05, 4.69) is 28.9 Å². The van der Waals surface area contributed by atoms with Crippen molar-refractivity contribution in [1.82, 2.24) is 14.9 Å². The third-order valence-corrected chi connectivity index (χ3v) is 6.24. The maximum absolute atomic E-state index is 12.8. The van der Waals surface area contributed by atoms with Gasteiger partial charge in [-0.05, 0) is 43.7 Å². The number of imidazole rings is 1. The van der Waals surface area contributed by atoms with Gasteiger partial charge in [0.1, 0.15) is 11.6 Å². The number of nitrogens with zero attached hydrogens (tertiary/aromatic N) is 2. The molecule has 178 valence electrons. The zero-order chi connectivity index (χ0) is 23.5. The first-order chi connectivity index (χ1) is 16.1. The molecule has 2 aromatic carbocycles. The quantitative estimate of drug-likeness (QED) is 0.268. The molecule has 1 amide bonds. The number of para-hydroxylation sites is 2. The number of carbonyl (C=O) groups is 1. The number of nitrogens with one attached hydrogen (secondary N) is 1. The van der Waals surface area contributed by atoms with Gasteiger partial charge in [0.05, 0.1) is 24.2 Å². The van der Waals surface area contributed by atoms with Gasteiger partial charge in [0.15, 0.2) is 0 Å². The molecule has 3 rings (SSSR count). The Kier molecular flexibility index (Phi) is 9.79. The van der Waals surface area contributed by atoms with Gasteiger partial charge in [-0.2, -0.15) is 0 Å². The number of ether oxygens (including phenoxy) is 1. The van der Waals surface area contributed by atoms with E-state index in [4.69, 9.17) is 9.72 Å². The molecule has 5 heteroatoms. The Morgan fingerprint density at radius 2 is 1.67 bits per heavy atom. The van der Waals surface area contributed by atoms with Gasteiger partial charge in [0.25, 0.3) is 5.91 Å². The molecule has 1 atom stereocenters. The van der Waals surface area contributed by atoms with Crippen LogP contribution in [0.4, 0.5) is 0 Å². The average molecular weight is 450 g/mol. The summed E-state index contributed by atoms with van der Waals surface area (Å²) in [5, 5.41) is 3.12. The second-order valence-electron chi connectivity index (χ2n) is 8.87. The van der Waals surface area contributed by atoms with Crippen molar-refractivity contribution in [3.05, 3.63) is 59.9 Å². The number of fused-ring (bicyclic) bond motifs is 1. The first kappa shape index (κ1) is 24.8. The van der Waals surface area contributed by atoms with Gasteiger partial charge in [0.2, 0.25) is 0 Å². The van der Waals surface area contributed by atoms with E-state index >= 15 is 0 Å². The van der Waals surface area contributed by atoms with E-state index in [0.29, 0.717) is 11.3 Å². The first-order valence-electron chi connectivity index (χ1n) is 12.5. The van der Waals surface area contributed by atoms with E-state index in [0.717, 1.165) is 29.8 Å². The molecule has 0 spiro atoms. The predicted molar refractivity (Wildman–Crippen MR) is 136 cm³/mol. The summed E-state index contributed by atoms with van der Waals surface area (Å²) in [6.07, 6.45) is 11.7. The number of benzene rings is 2. The van der Waals surface area contributed by atoms with Gasteiger partial charge >= 0.3 is 0 Å². The Hall–Kier alpha value is -2.82. The van der Waals surface area contributed by atoms with Crippen LogP contribution in [-0.2, 0) is 6.54 Å². The maximum atomic E-state index is 12.8. The molecule has 1 N–H and O–H groups in total. The molecule has 0 saturated heterocycles. The number of carbonyl (C=O) groups excluding carboxylic acids is 1. The lowest BCUT2D eigenvalue weighted by molar-refractivity contribution is 0.0937. The minimum Gasteiger partial charge on any atom is -0.497 e. The number of hydrogen-bond acceptors (Lipinski definition) is 3. The molecule has 0 aliphatic heterocycles. The summed E-state index contributed by atoms with van der Waals surface area (Å²) in [7, 11) is 1.61. The highest BCUT2D eigenvalue weighted by Crippen LogP contribution is 2.23. The number of aromatic nitrogens is 2. The van der Waals surface area contributed by atoms with E-state index in [1.54, 1.807) is 19.2 Å². The van der Waals surface area contributed by atoms with Crippen LogP contribution in [0, 0.1) is 0 Å². The molecular weight excluding hydrogens is 410 g/mol. The fourth-order valence-corrected chi connectivity index (χ4v) is 4.35. The van der Waals surface area contributed by atoms with Crippen LogP contribution < -0.4 is 10.1 Å². The highest BCUT2D eigenvalue weighted by atomic mass is 16.5. The Morgan fingerprint density at radius 3 is 2.39 bits per heavy atom. The molecule has 0 saturated carbocycles. The number of hydrogen-bond donors (Lipinski definition) is 1. The molecule has 1 unspecified atom stereocenters. The summed E-state index contributed by atoms with van der Waals surface area (Å²) in [6.45, 7) is 5.19. The molecule has 0 radical (unpaired) electrons.